The Morgan fingerprint density at radius 1 is 1.43 bits per heavy atom. The van der Waals surface area contributed by atoms with Crippen molar-refractivity contribution in [2.24, 2.45) is 7.05 Å². The van der Waals surface area contributed by atoms with Crippen LogP contribution in [0.15, 0.2) is 30.5 Å². The molecule has 118 valence electrons. The van der Waals surface area contributed by atoms with Gasteiger partial charge in [0.2, 0.25) is 0 Å². The predicted molar refractivity (Wildman–Crippen MR) is 88.3 cm³/mol. The molecule has 1 amide bonds. The lowest BCUT2D eigenvalue weighted by Gasteiger charge is -2.00. The highest BCUT2D eigenvalue weighted by molar-refractivity contribution is 7.17. The van der Waals surface area contributed by atoms with Gasteiger partial charge in [-0.25, -0.2) is 0 Å². The van der Waals surface area contributed by atoms with Crippen molar-refractivity contribution < 1.29 is 4.79 Å². The van der Waals surface area contributed by atoms with Gasteiger partial charge in [0.15, 0.2) is 0 Å². The molecule has 1 aliphatic carbocycles. The van der Waals surface area contributed by atoms with Gasteiger partial charge in [0, 0.05) is 24.9 Å². The van der Waals surface area contributed by atoms with E-state index >= 15 is 0 Å². The molecule has 7 heteroatoms. The average molecular weight is 327 g/mol. The van der Waals surface area contributed by atoms with Crippen LogP contribution in [0, 0.1) is 0 Å². The number of amides is 1. The first-order valence-corrected chi connectivity index (χ1v) is 8.43. The summed E-state index contributed by atoms with van der Waals surface area (Å²) in [6.07, 6.45) is 4.20. The van der Waals surface area contributed by atoms with Crippen molar-refractivity contribution in [3.8, 4) is 10.6 Å². The Labute approximate surface area is 137 Å². The van der Waals surface area contributed by atoms with Crippen LogP contribution in [0.3, 0.4) is 0 Å². The number of rotatable bonds is 5. The van der Waals surface area contributed by atoms with E-state index in [4.69, 9.17) is 0 Å². The van der Waals surface area contributed by atoms with Crippen LogP contribution < -0.4 is 5.32 Å². The van der Waals surface area contributed by atoms with Gasteiger partial charge < -0.3 is 5.32 Å². The van der Waals surface area contributed by atoms with Crippen molar-refractivity contribution in [3.05, 3.63) is 46.7 Å². The highest BCUT2D eigenvalue weighted by atomic mass is 32.1. The third kappa shape index (κ3) is 2.92. The summed E-state index contributed by atoms with van der Waals surface area (Å²) in [7, 11) is 1.97. The van der Waals surface area contributed by atoms with E-state index in [1.165, 1.54) is 29.9 Å². The smallest absolute Gasteiger partial charge is 0.261 e. The Morgan fingerprint density at radius 3 is 3.04 bits per heavy atom. The van der Waals surface area contributed by atoms with Crippen molar-refractivity contribution in [3.63, 3.8) is 0 Å². The molecule has 2 N–H and O–H groups in total. The van der Waals surface area contributed by atoms with Crippen molar-refractivity contribution >= 4 is 17.2 Å². The Kier molecular flexibility index (Phi) is 3.49. The zero-order valence-electron chi connectivity index (χ0n) is 12.7. The van der Waals surface area contributed by atoms with Crippen molar-refractivity contribution in [1.29, 1.82) is 0 Å². The topological polar surface area (TPSA) is 75.6 Å². The SMILES string of the molecule is Cn1nc(CNC(=O)c2ccc(-c3ccn[nH]3)s2)cc1C1CC1. The van der Waals surface area contributed by atoms with E-state index in [2.05, 4.69) is 26.7 Å². The van der Waals surface area contributed by atoms with Crippen LogP contribution in [0.2, 0.25) is 0 Å². The second kappa shape index (κ2) is 5.66. The van der Waals surface area contributed by atoms with Gasteiger partial charge in [-0.05, 0) is 37.1 Å². The first kappa shape index (κ1) is 14.2. The maximum Gasteiger partial charge on any atom is 0.261 e. The summed E-state index contributed by atoms with van der Waals surface area (Å²) in [5.41, 5.74) is 3.10. The van der Waals surface area contributed by atoms with Gasteiger partial charge in [0.1, 0.15) is 0 Å². The minimum absolute atomic E-state index is 0.0700. The lowest BCUT2D eigenvalue weighted by atomic mass is 10.2. The first-order chi connectivity index (χ1) is 11.2. The maximum atomic E-state index is 12.3. The normalized spacial score (nSPS) is 14.1. The summed E-state index contributed by atoms with van der Waals surface area (Å²) in [4.78, 5) is 14.0. The quantitative estimate of drug-likeness (QED) is 0.756. The molecule has 1 aliphatic rings. The number of nitrogens with zero attached hydrogens (tertiary/aromatic N) is 3. The van der Waals surface area contributed by atoms with E-state index in [0.29, 0.717) is 17.3 Å². The molecule has 3 aromatic heterocycles. The van der Waals surface area contributed by atoms with Crippen molar-refractivity contribution in [2.75, 3.05) is 0 Å². The summed E-state index contributed by atoms with van der Waals surface area (Å²) in [6.45, 7) is 0.455. The first-order valence-electron chi connectivity index (χ1n) is 7.61. The predicted octanol–water partition coefficient (Wildman–Crippen LogP) is 2.68. The van der Waals surface area contributed by atoms with Crippen LogP contribution in [0.4, 0.5) is 0 Å². The summed E-state index contributed by atoms with van der Waals surface area (Å²) in [6, 6.07) is 7.76. The molecule has 3 aromatic rings. The van der Waals surface area contributed by atoms with Crippen molar-refractivity contribution in [1.82, 2.24) is 25.3 Å². The van der Waals surface area contributed by atoms with Crippen LogP contribution in [0.5, 0.6) is 0 Å². The second-order valence-corrected chi connectivity index (χ2v) is 6.86. The summed E-state index contributed by atoms with van der Waals surface area (Å²) in [5, 5.41) is 14.3. The maximum absolute atomic E-state index is 12.3. The van der Waals surface area contributed by atoms with Crippen molar-refractivity contribution in [2.45, 2.75) is 25.3 Å². The number of hydrogen-bond acceptors (Lipinski definition) is 4. The van der Waals surface area contributed by atoms with Crippen LogP contribution in [0.1, 0.15) is 39.8 Å². The molecular weight excluding hydrogens is 310 g/mol. The number of carbonyl (C=O) groups excluding carboxylic acids is 1. The largest absolute Gasteiger partial charge is 0.346 e. The number of nitrogens with one attached hydrogen (secondary N) is 2. The molecule has 23 heavy (non-hydrogen) atoms. The van der Waals surface area contributed by atoms with Gasteiger partial charge in [-0.3, -0.25) is 14.6 Å². The zero-order chi connectivity index (χ0) is 15.8. The number of aryl methyl sites for hydroxylation is 1. The Hall–Kier alpha value is -2.41. The van der Waals surface area contributed by atoms with Crippen LogP contribution in [-0.4, -0.2) is 25.9 Å². The lowest BCUT2D eigenvalue weighted by molar-refractivity contribution is 0.0954. The van der Waals surface area contributed by atoms with Gasteiger partial charge in [-0.15, -0.1) is 11.3 Å². The molecule has 0 spiro atoms. The second-order valence-electron chi connectivity index (χ2n) is 5.78. The van der Waals surface area contributed by atoms with Gasteiger partial charge >= 0.3 is 0 Å². The Morgan fingerprint density at radius 2 is 2.30 bits per heavy atom. The number of hydrogen-bond donors (Lipinski definition) is 2. The van der Waals surface area contributed by atoms with Crippen LogP contribution >= 0.6 is 11.3 Å². The molecule has 3 heterocycles. The minimum atomic E-state index is -0.0700. The Bertz CT molecular complexity index is 829. The monoisotopic (exact) mass is 327 g/mol. The molecular formula is C16H17N5OS. The van der Waals surface area contributed by atoms with E-state index in [9.17, 15) is 4.79 Å². The van der Waals surface area contributed by atoms with E-state index in [1.807, 2.05) is 29.9 Å². The molecule has 0 unspecified atom stereocenters. The standard InChI is InChI=1S/C16H17N5OS/c1-21-13(10-2-3-10)8-11(20-21)9-17-16(22)15-5-4-14(23-15)12-6-7-18-19-12/h4-8,10H,2-3,9H2,1H3,(H,17,22)(H,18,19). The van der Waals surface area contributed by atoms with Gasteiger partial charge in [-0.2, -0.15) is 10.2 Å². The number of aromatic amines is 1. The van der Waals surface area contributed by atoms with E-state index in [0.717, 1.165) is 16.3 Å². The molecule has 4 rings (SSSR count). The van der Waals surface area contributed by atoms with E-state index in [1.54, 1.807) is 6.20 Å². The fourth-order valence-corrected chi connectivity index (χ4v) is 3.54. The summed E-state index contributed by atoms with van der Waals surface area (Å²) < 4.78 is 1.93. The molecule has 1 saturated carbocycles. The summed E-state index contributed by atoms with van der Waals surface area (Å²) in [5.74, 6) is 0.589. The molecule has 1 fully saturated rings. The molecule has 0 aromatic carbocycles. The van der Waals surface area contributed by atoms with Gasteiger partial charge in [0.25, 0.3) is 5.91 Å². The fourth-order valence-electron chi connectivity index (χ4n) is 2.65. The van der Waals surface area contributed by atoms with Gasteiger partial charge in [0.05, 0.1) is 27.7 Å². The van der Waals surface area contributed by atoms with E-state index < -0.39 is 0 Å². The molecule has 0 atom stereocenters. The number of aromatic nitrogens is 4. The highest BCUT2D eigenvalue weighted by Gasteiger charge is 2.27. The number of carbonyl (C=O) groups is 1. The third-order valence-corrected chi connectivity index (χ3v) is 5.11. The van der Waals surface area contributed by atoms with Crippen LogP contribution in [-0.2, 0) is 13.6 Å². The zero-order valence-corrected chi connectivity index (χ0v) is 13.6. The molecule has 0 aliphatic heterocycles. The highest BCUT2D eigenvalue weighted by Crippen LogP contribution is 2.39. The molecule has 6 nitrogen and oxygen atoms in total. The lowest BCUT2D eigenvalue weighted by Crippen LogP contribution is -2.22. The molecule has 0 radical (unpaired) electrons. The summed E-state index contributed by atoms with van der Waals surface area (Å²) >= 11 is 1.45. The third-order valence-electron chi connectivity index (χ3n) is 3.99. The van der Waals surface area contributed by atoms with Gasteiger partial charge in [-0.1, -0.05) is 0 Å². The average Bonchev–Trinajstić information content (AvgIpc) is 2.98. The molecule has 0 bridgehead atoms. The minimum Gasteiger partial charge on any atom is -0.346 e. The van der Waals surface area contributed by atoms with E-state index in [-0.39, 0.29) is 5.91 Å². The number of H-pyrrole nitrogens is 1. The fraction of sp³-hybridized carbons (Fsp3) is 0.312. The van der Waals surface area contributed by atoms with Crippen LogP contribution in [0.25, 0.3) is 10.6 Å². The Balaban J connectivity index is 1.41. The molecule has 0 saturated heterocycles. The number of thiophene rings is 1.